The minimum Gasteiger partial charge on any atom is -0.496 e. The highest BCUT2D eigenvalue weighted by Gasteiger charge is 2.05. The molecule has 0 spiro atoms. The summed E-state index contributed by atoms with van der Waals surface area (Å²) in [6.07, 6.45) is 0. The first kappa shape index (κ1) is 18.3. The van der Waals surface area contributed by atoms with Crippen LogP contribution in [0, 0.1) is 0 Å². The van der Waals surface area contributed by atoms with Gasteiger partial charge in [-0.1, -0.05) is 36.4 Å². The monoisotopic (exact) mass is 340 g/mol. The summed E-state index contributed by atoms with van der Waals surface area (Å²) in [5.41, 5.74) is 1.75. The zero-order valence-electron chi connectivity index (χ0n) is 14.6. The van der Waals surface area contributed by atoms with E-state index in [1.807, 2.05) is 61.5 Å². The molecule has 0 saturated heterocycles. The molecule has 2 aromatic carbocycles. The number of methoxy groups -OCH3 is 1. The zero-order valence-corrected chi connectivity index (χ0v) is 14.6. The summed E-state index contributed by atoms with van der Waals surface area (Å²) in [4.78, 5) is 16.5. The number of anilines is 1. The SMILES string of the molecule is CCNC(=NCc1ccccc1OC)NCC(=O)Nc1ccccc1. The van der Waals surface area contributed by atoms with Gasteiger partial charge in [-0.25, -0.2) is 4.99 Å². The number of carbonyl (C=O) groups is 1. The van der Waals surface area contributed by atoms with Crippen LogP contribution in [0.5, 0.6) is 5.75 Å². The van der Waals surface area contributed by atoms with Gasteiger partial charge >= 0.3 is 0 Å². The molecule has 0 heterocycles. The van der Waals surface area contributed by atoms with Crippen molar-refractivity contribution in [2.45, 2.75) is 13.5 Å². The number of rotatable bonds is 7. The molecule has 0 fully saturated rings. The number of amides is 1. The van der Waals surface area contributed by atoms with Gasteiger partial charge in [0.15, 0.2) is 5.96 Å². The van der Waals surface area contributed by atoms with Gasteiger partial charge in [0.2, 0.25) is 5.91 Å². The third-order valence-electron chi connectivity index (χ3n) is 3.42. The van der Waals surface area contributed by atoms with Gasteiger partial charge in [0.25, 0.3) is 0 Å². The predicted molar refractivity (Wildman–Crippen MR) is 101 cm³/mol. The van der Waals surface area contributed by atoms with E-state index in [0.29, 0.717) is 19.0 Å². The maximum absolute atomic E-state index is 12.0. The molecule has 0 atom stereocenters. The Morgan fingerprint density at radius 3 is 2.48 bits per heavy atom. The molecule has 1 amide bonds. The maximum Gasteiger partial charge on any atom is 0.243 e. The Hall–Kier alpha value is -3.02. The fourth-order valence-corrected chi connectivity index (χ4v) is 2.23. The molecule has 0 unspecified atom stereocenters. The minimum absolute atomic E-state index is 0.130. The molecule has 0 aromatic heterocycles. The van der Waals surface area contributed by atoms with Gasteiger partial charge in [0, 0.05) is 17.8 Å². The van der Waals surface area contributed by atoms with Crippen LogP contribution >= 0.6 is 0 Å². The molecule has 0 aliphatic carbocycles. The lowest BCUT2D eigenvalue weighted by Crippen LogP contribution is -2.41. The van der Waals surface area contributed by atoms with Gasteiger partial charge in [-0.3, -0.25) is 4.79 Å². The minimum atomic E-state index is -0.130. The number of guanidine groups is 1. The molecule has 132 valence electrons. The first-order valence-corrected chi connectivity index (χ1v) is 8.22. The lowest BCUT2D eigenvalue weighted by atomic mass is 10.2. The van der Waals surface area contributed by atoms with E-state index in [2.05, 4.69) is 20.9 Å². The summed E-state index contributed by atoms with van der Waals surface area (Å²) >= 11 is 0. The van der Waals surface area contributed by atoms with E-state index in [0.717, 1.165) is 17.0 Å². The molecule has 0 bridgehead atoms. The summed E-state index contributed by atoms with van der Waals surface area (Å²) in [6.45, 7) is 3.27. The predicted octanol–water partition coefficient (Wildman–Crippen LogP) is 2.39. The first-order chi connectivity index (χ1) is 12.2. The molecule has 0 saturated carbocycles. The number of benzene rings is 2. The van der Waals surface area contributed by atoms with Crippen molar-refractivity contribution in [1.29, 1.82) is 0 Å². The highest BCUT2D eigenvalue weighted by Crippen LogP contribution is 2.17. The normalized spacial score (nSPS) is 10.9. The largest absolute Gasteiger partial charge is 0.496 e. The van der Waals surface area contributed by atoms with Crippen molar-refractivity contribution in [3.8, 4) is 5.75 Å². The highest BCUT2D eigenvalue weighted by molar-refractivity contribution is 5.94. The molecule has 0 radical (unpaired) electrons. The van der Waals surface area contributed by atoms with Crippen molar-refractivity contribution in [3.05, 3.63) is 60.2 Å². The smallest absolute Gasteiger partial charge is 0.243 e. The van der Waals surface area contributed by atoms with Gasteiger partial charge in [-0.15, -0.1) is 0 Å². The van der Waals surface area contributed by atoms with Crippen LogP contribution in [-0.4, -0.2) is 32.1 Å². The molecular formula is C19H24N4O2. The topological polar surface area (TPSA) is 74.8 Å². The number of hydrogen-bond acceptors (Lipinski definition) is 3. The number of para-hydroxylation sites is 2. The molecule has 0 aliphatic heterocycles. The Morgan fingerprint density at radius 2 is 1.76 bits per heavy atom. The van der Waals surface area contributed by atoms with Crippen LogP contribution in [0.3, 0.4) is 0 Å². The molecule has 2 rings (SSSR count). The Bertz CT molecular complexity index is 702. The summed E-state index contributed by atoms with van der Waals surface area (Å²) in [7, 11) is 1.64. The van der Waals surface area contributed by atoms with E-state index in [4.69, 9.17) is 4.74 Å². The summed E-state index contributed by atoms with van der Waals surface area (Å²) < 4.78 is 5.33. The summed E-state index contributed by atoms with van der Waals surface area (Å²) in [5, 5.41) is 8.99. The summed E-state index contributed by atoms with van der Waals surface area (Å²) in [5.74, 6) is 1.25. The maximum atomic E-state index is 12.0. The molecule has 25 heavy (non-hydrogen) atoms. The fourth-order valence-electron chi connectivity index (χ4n) is 2.23. The average molecular weight is 340 g/mol. The van der Waals surface area contributed by atoms with Crippen molar-refractivity contribution >= 4 is 17.6 Å². The Labute approximate surface area is 148 Å². The van der Waals surface area contributed by atoms with Crippen LogP contribution in [0.4, 0.5) is 5.69 Å². The van der Waals surface area contributed by atoms with E-state index in [-0.39, 0.29) is 12.5 Å². The number of aliphatic imine (C=N–C) groups is 1. The van der Waals surface area contributed by atoms with Gasteiger partial charge in [-0.2, -0.15) is 0 Å². The van der Waals surface area contributed by atoms with Crippen LogP contribution < -0.4 is 20.7 Å². The Kier molecular flexibility index (Phi) is 7.31. The number of nitrogens with one attached hydrogen (secondary N) is 3. The van der Waals surface area contributed by atoms with Crippen molar-refractivity contribution < 1.29 is 9.53 Å². The summed E-state index contributed by atoms with van der Waals surface area (Å²) in [6, 6.07) is 17.1. The second-order valence-electron chi connectivity index (χ2n) is 5.27. The average Bonchev–Trinajstić information content (AvgIpc) is 2.65. The molecule has 6 heteroatoms. The number of ether oxygens (including phenoxy) is 1. The van der Waals surface area contributed by atoms with E-state index in [1.54, 1.807) is 7.11 Å². The van der Waals surface area contributed by atoms with Crippen LogP contribution in [0.25, 0.3) is 0 Å². The van der Waals surface area contributed by atoms with Crippen molar-refractivity contribution in [2.75, 3.05) is 25.5 Å². The van der Waals surface area contributed by atoms with Crippen LogP contribution in [0.2, 0.25) is 0 Å². The van der Waals surface area contributed by atoms with Crippen LogP contribution in [0.1, 0.15) is 12.5 Å². The number of hydrogen-bond donors (Lipinski definition) is 3. The van der Waals surface area contributed by atoms with Gasteiger partial charge < -0.3 is 20.7 Å². The quantitative estimate of drug-likeness (QED) is 0.534. The lowest BCUT2D eigenvalue weighted by molar-refractivity contribution is -0.115. The highest BCUT2D eigenvalue weighted by atomic mass is 16.5. The van der Waals surface area contributed by atoms with Crippen LogP contribution in [0.15, 0.2) is 59.6 Å². The molecule has 3 N–H and O–H groups in total. The van der Waals surface area contributed by atoms with E-state index >= 15 is 0 Å². The van der Waals surface area contributed by atoms with Crippen molar-refractivity contribution in [2.24, 2.45) is 4.99 Å². The van der Waals surface area contributed by atoms with Gasteiger partial charge in [0.1, 0.15) is 5.75 Å². The molecule has 0 aliphatic rings. The molecular weight excluding hydrogens is 316 g/mol. The second-order valence-corrected chi connectivity index (χ2v) is 5.27. The Balaban J connectivity index is 1.92. The Morgan fingerprint density at radius 1 is 1.04 bits per heavy atom. The third kappa shape index (κ3) is 6.18. The van der Waals surface area contributed by atoms with E-state index in [9.17, 15) is 4.79 Å². The van der Waals surface area contributed by atoms with Crippen molar-refractivity contribution in [1.82, 2.24) is 10.6 Å². The van der Waals surface area contributed by atoms with Crippen LogP contribution in [-0.2, 0) is 11.3 Å². The second kappa shape index (κ2) is 9.97. The van der Waals surface area contributed by atoms with Gasteiger partial charge in [0.05, 0.1) is 20.2 Å². The fraction of sp³-hybridized carbons (Fsp3) is 0.263. The van der Waals surface area contributed by atoms with Gasteiger partial charge in [-0.05, 0) is 25.1 Å². The zero-order chi connectivity index (χ0) is 17.9. The third-order valence-corrected chi connectivity index (χ3v) is 3.42. The number of carbonyl (C=O) groups excluding carboxylic acids is 1. The van der Waals surface area contributed by atoms with E-state index in [1.165, 1.54) is 0 Å². The number of nitrogens with zero attached hydrogens (tertiary/aromatic N) is 1. The lowest BCUT2D eigenvalue weighted by Gasteiger charge is -2.12. The van der Waals surface area contributed by atoms with Crippen molar-refractivity contribution in [3.63, 3.8) is 0 Å². The standard InChI is InChI=1S/C19H24N4O2/c1-3-20-19(21-13-15-9-7-8-12-17(15)25-2)22-14-18(24)23-16-10-5-4-6-11-16/h4-12H,3,13-14H2,1-2H3,(H,23,24)(H2,20,21,22). The first-order valence-electron chi connectivity index (χ1n) is 8.22. The molecule has 2 aromatic rings. The molecule has 6 nitrogen and oxygen atoms in total. The van der Waals surface area contributed by atoms with E-state index < -0.39 is 0 Å².